The molecule has 0 spiro atoms. The Balaban J connectivity index is 1.27. The van der Waals surface area contributed by atoms with E-state index in [1.165, 1.54) is 6.42 Å². The highest BCUT2D eigenvalue weighted by atomic mass is 32.2. The van der Waals surface area contributed by atoms with Crippen molar-refractivity contribution in [3.63, 3.8) is 0 Å². The van der Waals surface area contributed by atoms with Gasteiger partial charge in [0.1, 0.15) is 0 Å². The van der Waals surface area contributed by atoms with Crippen LogP contribution in [-0.2, 0) is 23.9 Å². The van der Waals surface area contributed by atoms with Crippen molar-refractivity contribution in [3.05, 3.63) is 24.3 Å². The van der Waals surface area contributed by atoms with Crippen LogP contribution in [0.3, 0.4) is 0 Å². The third-order valence-electron chi connectivity index (χ3n) is 9.16. The highest BCUT2D eigenvalue weighted by Gasteiger charge is 2.59. The van der Waals surface area contributed by atoms with E-state index in [4.69, 9.17) is 9.31 Å². The molecule has 5 rings (SSSR count). The molecule has 8 heteroatoms. The zero-order valence-electron chi connectivity index (χ0n) is 20.3. The van der Waals surface area contributed by atoms with Crippen molar-refractivity contribution in [3.8, 4) is 0 Å². The van der Waals surface area contributed by atoms with Gasteiger partial charge in [-0.15, -0.1) is 0 Å². The maximum atomic E-state index is 13.4. The van der Waals surface area contributed by atoms with Gasteiger partial charge < -0.3 is 14.6 Å². The number of hydrogen-bond acceptors (Lipinski definition) is 5. The average Bonchev–Trinajstić information content (AvgIpc) is 3.32. The summed E-state index contributed by atoms with van der Waals surface area (Å²) in [5.74, 6) is 0.282. The van der Waals surface area contributed by atoms with Crippen molar-refractivity contribution >= 4 is 28.3 Å². The van der Waals surface area contributed by atoms with E-state index in [2.05, 4.69) is 5.32 Å². The molecule has 6 nitrogen and oxygen atoms in total. The van der Waals surface area contributed by atoms with E-state index in [-0.39, 0.29) is 22.5 Å². The van der Waals surface area contributed by atoms with Gasteiger partial charge in [-0.2, -0.15) is 0 Å². The third-order valence-corrected chi connectivity index (χ3v) is 11.1. The van der Waals surface area contributed by atoms with Crippen molar-refractivity contribution in [1.29, 1.82) is 0 Å². The summed E-state index contributed by atoms with van der Waals surface area (Å²) in [6.45, 7) is 8.00. The van der Waals surface area contributed by atoms with Crippen LogP contribution in [-0.4, -0.2) is 44.4 Å². The Kier molecular flexibility index (Phi) is 5.35. The zero-order valence-corrected chi connectivity index (χ0v) is 21.1. The average molecular weight is 473 g/mol. The van der Waals surface area contributed by atoms with Gasteiger partial charge in [0, 0.05) is 11.5 Å². The predicted molar refractivity (Wildman–Crippen MR) is 128 cm³/mol. The molecule has 33 heavy (non-hydrogen) atoms. The van der Waals surface area contributed by atoms with Crippen LogP contribution in [0.2, 0.25) is 0 Å². The van der Waals surface area contributed by atoms with E-state index in [0.717, 1.165) is 44.0 Å². The number of carbonyl (C=O) groups excluding carboxylic acids is 1. The second-order valence-corrected chi connectivity index (χ2v) is 14.0. The summed E-state index contributed by atoms with van der Waals surface area (Å²) in [5, 5.41) is 3.22. The third kappa shape index (κ3) is 3.96. The van der Waals surface area contributed by atoms with Crippen LogP contribution in [0.15, 0.2) is 29.2 Å². The number of hydrogen-bond donors (Lipinski definition) is 1. The van der Waals surface area contributed by atoms with Crippen molar-refractivity contribution in [1.82, 2.24) is 5.32 Å². The first kappa shape index (κ1) is 23.4. The lowest BCUT2D eigenvalue weighted by molar-refractivity contribution is -0.131. The van der Waals surface area contributed by atoms with E-state index in [9.17, 15) is 13.2 Å². The van der Waals surface area contributed by atoms with Crippen LogP contribution in [0.25, 0.3) is 0 Å². The smallest absolute Gasteiger partial charge is 0.399 e. The maximum absolute atomic E-state index is 13.4. The van der Waals surface area contributed by atoms with Gasteiger partial charge in [0.2, 0.25) is 5.91 Å². The van der Waals surface area contributed by atoms with E-state index in [0.29, 0.717) is 17.4 Å². The van der Waals surface area contributed by atoms with E-state index in [1.807, 2.05) is 27.7 Å². The molecule has 180 valence electrons. The Labute approximate surface area is 198 Å². The molecule has 1 heterocycles. The molecule has 0 atom stereocenters. The Morgan fingerprint density at radius 2 is 1.58 bits per heavy atom. The first-order chi connectivity index (χ1) is 15.4. The van der Waals surface area contributed by atoms with E-state index < -0.39 is 28.2 Å². The summed E-state index contributed by atoms with van der Waals surface area (Å²) < 4.78 is 38.9. The molecule has 1 saturated heterocycles. The molecule has 2 bridgehead atoms. The fourth-order valence-corrected chi connectivity index (χ4v) is 7.94. The molecule has 0 unspecified atom stereocenters. The molecule has 1 N–H and O–H groups in total. The quantitative estimate of drug-likeness (QED) is 0.641. The molecule has 3 saturated carbocycles. The molecular weight excluding hydrogens is 437 g/mol. The molecule has 1 aliphatic heterocycles. The fourth-order valence-electron chi connectivity index (χ4n) is 6.02. The van der Waals surface area contributed by atoms with Crippen LogP contribution >= 0.6 is 0 Å². The van der Waals surface area contributed by atoms with Crippen LogP contribution in [0.5, 0.6) is 0 Å². The van der Waals surface area contributed by atoms with Crippen LogP contribution in [0, 0.1) is 10.8 Å². The summed E-state index contributed by atoms with van der Waals surface area (Å²) in [4.78, 5) is 13.3. The molecule has 4 fully saturated rings. The number of amides is 1. The monoisotopic (exact) mass is 473 g/mol. The number of rotatable bonds is 6. The maximum Gasteiger partial charge on any atom is 0.494 e. The number of nitrogens with one attached hydrogen (secondary N) is 1. The van der Waals surface area contributed by atoms with Crippen LogP contribution in [0.1, 0.15) is 79.1 Å². The Morgan fingerprint density at radius 1 is 1.00 bits per heavy atom. The van der Waals surface area contributed by atoms with Gasteiger partial charge in [-0.3, -0.25) is 4.79 Å². The summed E-state index contributed by atoms with van der Waals surface area (Å²) in [5.41, 5.74) is -0.695. The largest absolute Gasteiger partial charge is 0.494 e. The Hall–Kier alpha value is -1.38. The molecular formula is C25H36BNO5S. The van der Waals surface area contributed by atoms with Gasteiger partial charge >= 0.3 is 7.12 Å². The van der Waals surface area contributed by atoms with Crippen molar-refractivity contribution in [2.75, 3.05) is 5.75 Å². The van der Waals surface area contributed by atoms with Crippen LogP contribution in [0.4, 0.5) is 0 Å². The first-order valence-electron chi connectivity index (χ1n) is 12.3. The summed E-state index contributed by atoms with van der Waals surface area (Å²) >= 11 is 0. The van der Waals surface area contributed by atoms with Gasteiger partial charge in [0.15, 0.2) is 9.84 Å². The second kappa shape index (κ2) is 7.56. The molecule has 1 aromatic carbocycles. The normalized spacial score (nSPS) is 32.7. The zero-order chi connectivity index (χ0) is 23.7. The van der Waals surface area contributed by atoms with Crippen molar-refractivity contribution in [2.24, 2.45) is 10.8 Å². The second-order valence-electron chi connectivity index (χ2n) is 12.0. The van der Waals surface area contributed by atoms with Gasteiger partial charge in [0.25, 0.3) is 0 Å². The van der Waals surface area contributed by atoms with E-state index >= 15 is 0 Å². The minimum Gasteiger partial charge on any atom is -0.399 e. The van der Waals surface area contributed by atoms with Crippen molar-refractivity contribution in [2.45, 2.75) is 101 Å². The molecule has 4 aliphatic rings. The molecule has 1 amide bonds. The Morgan fingerprint density at radius 3 is 2.09 bits per heavy atom. The number of sulfone groups is 1. The van der Waals surface area contributed by atoms with E-state index in [1.54, 1.807) is 24.3 Å². The summed E-state index contributed by atoms with van der Waals surface area (Å²) in [7, 11) is -3.97. The van der Waals surface area contributed by atoms with Gasteiger partial charge in [-0.25, -0.2) is 8.42 Å². The van der Waals surface area contributed by atoms with Gasteiger partial charge in [-0.05, 0) is 102 Å². The molecule has 3 aliphatic carbocycles. The minimum absolute atomic E-state index is 0.119. The fraction of sp³-hybridized carbons (Fsp3) is 0.720. The molecule has 0 aromatic heterocycles. The lowest BCUT2D eigenvalue weighted by Gasteiger charge is -2.32. The number of carbonyl (C=O) groups is 1. The van der Waals surface area contributed by atoms with Gasteiger partial charge in [0.05, 0.1) is 21.9 Å². The minimum atomic E-state index is -3.46. The summed E-state index contributed by atoms with van der Waals surface area (Å²) in [6.07, 6.45) is 7.28. The standard InChI is InChI=1S/C25H36BNO5S/c1-22(2)23(3,4)32-26(31-22)18-8-10-20(11-9-18)33(29,30)17-24-12-14-25(16-24,15-13-24)21(28)27-19-6-5-7-19/h8-11,19H,5-7,12-17H2,1-4H3,(H,27,28). The van der Waals surface area contributed by atoms with Gasteiger partial charge in [-0.1, -0.05) is 12.1 Å². The predicted octanol–water partition coefficient (Wildman–Crippen LogP) is 3.38. The number of benzene rings is 1. The summed E-state index contributed by atoms with van der Waals surface area (Å²) in [6, 6.07) is 7.27. The molecule has 0 radical (unpaired) electrons. The van der Waals surface area contributed by atoms with Crippen molar-refractivity contribution < 1.29 is 22.5 Å². The van der Waals surface area contributed by atoms with Crippen LogP contribution < -0.4 is 10.8 Å². The Bertz CT molecular complexity index is 1020. The first-order valence-corrected chi connectivity index (χ1v) is 14.0. The SMILES string of the molecule is CC1(C)OB(c2ccc(S(=O)(=O)CC34CCC(C(=O)NC5CCC5)(CC3)C4)cc2)OC1(C)C. The topological polar surface area (TPSA) is 81.7 Å². The lowest BCUT2D eigenvalue weighted by atomic mass is 9.79. The number of fused-ring (bicyclic) bond motifs is 2. The highest BCUT2D eigenvalue weighted by molar-refractivity contribution is 7.91. The molecule has 1 aromatic rings. The lowest BCUT2D eigenvalue weighted by Crippen LogP contribution is -2.46. The highest BCUT2D eigenvalue weighted by Crippen LogP contribution is 2.62.